The van der Waals surface area contributed by atoms with Gasteiger partial charge in [-0.3, -0.25) is 4.90 Å². The number of fused-ring (bicyclic) bond motifs is 2. The summed E-state index contributed by atoms with van der Waals surface area (Å²) in [4.78, 5) is 14.6. The maximum Gasteiger partial charge on any atom is 0.416 e. The van der Waals surface area contributed by atoms with Crippen LogP contribution in [0.3, 0.4) is 0 Å². The van der Waals surface area contributed by atoms with Gasteiger partial charge in [0.15, 0.2) is 0 Å². The van der Waals surface area contributed by atoms with Gasteiger partial charge < -0.3 is 15.7 Å². The summed E-state index contributed by atoms with van der Waals surface area (Å²) in [5, 5.41) is 9.21. The minimum Gasteiger partial charge on any atom is -0.465 e. The molecule has 2 saturated heterocycles. The molecule has 1 aromatic rings. The monoisotopic (exact) mass is 315 g/mol. The molecule has 22 heavy (non-hydrogen) atoms. The lowest BCUT2D eigenvalue weighted by molar-refractivity contribution is -0.137. The van der Waals surface area contributed by atoms with Crippen molar-refractivity contribution in [2.24, 2.45) is 0 Å². The highest BCUT2D eigenvalue weighted by Gasteiger charge is 2.43. The number of benzene rings is 1. The fraction of sp³-hybridized carbons (Fsp3) is 0.500. The predicted octanol–water partition coefficient (Wildman–Crippen LogP) is 2.62. The van der Waals surface area contributed by atoms with Crippen LogP contribution < -0.4 is 10.6 Å². The molecule has 0 aromatic heterocycles. The number of halogens is 3. The Labute approximate surface area is 125 Å². The van der Waals surface area contributed by atoms with Crippen LogP contribution in [0.2, 0.25) is 0 Å². The van der Waals surface area contributed by atoms with Crippen LogP contribution in [-0.4, -0.2) is 41.3 Å². The molecule has 2 aliphatic rings. The van der Waals surface area contributed by atoms with Gasteiger partial charge in [0, 0.05) is 13.1 Å². The number of hydrogen-bond donors (Lipinski definition) is 2. The molecular weight excluding hydrogens is 299 g/mol. The molecule has 2 heterocycles. The van der Waals surface area contributed by atoms with Crippen molar-refractivity contribution >= 4 is 17.5 Å². The quantitative estimate of drug-likeness (QED) is 0.782. The van der Waals surface area contributed by atoms with E-state index in [1.54, 1.807) is 0 Å². The Kier molecular flexibility index (Phi) is 3.34. The molecule has 1 amide bonds. The van der Waals surface area contributed by atoms with E-state index >= 15 is 0 Å². The van der Waals surface area contributed by atoms with Crippen LogP contribution in [0.4, 0.5) is 29.3 Å². The number of hydrogen-bond acceptors (Lipinski definition) is 3. The average molecular weight is 315 g/mol. The number of alkyl halides is 3. The van der Waals surface area contributed by atoms with Crippen molar-refractivity contribution in [3.8, 4) is 0 Å². The lowest BCUT2D eigenvalue weighted by Crippen LogP contribution is -2.55. The van der Waals surface area contributed by atoms with E-state index in [0.29, 0.717) is 18.8 Å². The maximum atomic E-state index is 12.7. The van der Waals surface area contributed by atoms with Crippen LogP contribution in [0, 0.1) is 0 Å². The van der Waals surface area contributed by atoms with E-state index in [4.69, 9.17) is 5.73 Å². The molecule has 0 radical (unpaired) electrons. The Morgan fingerprint density at radius 1 is 1.23 bits per heavy atom. The second-order valence-electron chi connectivity index (χ2n) is 5.75. The molecule has 2 fully saturated rings. The summed E-state index contributed by atoms with van der Waals surface area (Å²) in [5.41, 5.74) is 5.61. The fourth-order valence-corrected chi connectivity index (χ4v) is 3.43. The van der Waals surface area contributed by atoms with Crippen LogP contribution >= 0.6 is 0 Å². The van der Waals surface area contributed by atoms with Gasteiger partial charge in [-0.25, -0.2) is 4.79 Å². The zero-order valence-corrected chi connectivity index (χ0v) is 11.7. The van der Waals surface area contributed by atoms with Crippen molar-refractivity contribution in [3.63, 3.8) is 0 Å². The van der Waals surface area contributed by atoms with Crippen molar-refractivity contribution in [3.05, 3.63) is 23.8 Å². The standard InChI is InChI=1S/C14H16F3N3O2/c15-14(16,17)8-1-4-12(11(18)5-8)19-6-9-2-3-10(7-19)20(9)13(21)22/h1,4-5,9-10H,2-3,6-7,18H2,(H,21,22). The number of carbonyl (C=O) groups is 1. The van der Waals surface area contributed by atoms with Crippen LogP contribution in [0.5, 0.6) is 0 Å². The molecule has 8 heteroatoms. The molecule has 0 saturated carbocycles. The van der Waals surface area contributed by atoms with E-state index in [2.05, 4.69) is 0 Å². The highest BCUT2D eigenvalue weighted by atomic mass is 19.4. The SMILES string of the molecule is Nc1cc(C(F)(F)F)ccc1N1CC2CCC(C1)N2C(=O)O. The van der Waals surface area contributed by atoms with Gasteiger partial charge in [0.05, 0.1) is 29.0 Å². The number of anilines is 2. The third kappa shape index (κ3) is 2.42. The summed E-state index contributed by atoms with van der Waals surface area (Å²) in [7, 11) is 0. The molecule has 0 aliphatic carbocycles. The number of amides is 1. The van der Waals surface area contributed by atoms with Gasteiger partial charge in [0.1, 0.15) is 0 Å². The molecule has 3 N–H and O–H groups in total. The lowest BCUT2D eigenvalue weighted by atomic mass is 10.1. The first-order valence-corrected chi connectivity index (χ1v) is 7.00. The van der Waals surface area contributed by atoms with Crippen molar-refractivity contribution < 1.29 is 23.1 Å². The highest BCUT2D eigenvalue weighted by Crippen LogP contribution is 2.37. The molecule has 1 aromatic carbocycles. The molecule has 0 spiro atoms. The van der Waals surface area contributed by atoms with E-state index in [1.807, 2.05) is 4.90 Å². The largest absolute Gasteiger partial charge is 0.465 e. The summed E-state index contributed by atoms with van der Waals surface area (Å²) in [6.07, 6.45) is -3.82. The third-order valence-electron chi connectivity index (χ3n) is 4.40. The fourth-order valence-electron chi connectivity index (χ4n) is 3.43. The van der Waals surface area contributed by atoms with Crippen molar-refractivity contribution in [1.29, 1.82) is 0 Å². The Hall–Kier alpha value is -2.12. The van der Waals surface area contributed by atoms with E-state index in [-0.39, 0.29) is 17.8 Å². The number of nitrogens with two attached hydrogens (primary N) is 1. The maximum absolute atomic E-state index is 12.7. The van der Waals surface area contributed by atoms with Gasteiger partial charge in [-0.05, 0) is 31.0 Å². The Morgan fingerprint density at radius 3 is 2.27 bits per heavy atom. The summed E-state index contributed by atoms with van der Waals surface area (Å²) < 4.78 is 38.0. The van der Waals surface area contributed by atoms with Crippen molar-refractivity contribution in [1.82, 2.24) is 4.90 Å². The molecule has 120 valence electrons. The van der Waals surface area contributed by atoms with E-state index in [0.717, 1.165) is 25.0 Å². The van der Waals surface area contributed by atoms with Gasteiger partial charge >= 0.3 is 12.3 Å². The van der Waals surface area contributed by atoms with E-state index < -0.39 is 17.8 Å². The molecule has 2 unspecified atom stereocenters. The minimum absolute atomic E-state index is 0.0676. The third-order valence-corrected chi connectivity index (χ3v) is 4.40. The van der Waals surface area contributed by atoms with Gasteiger partial charge in [-0.2, -0.15) is 13.2 Å². The summed E-state index contributed by atoms with van der Waals surface area (Å²) >= 11 is 0. The Balaban J connectivity index is 1.84. The Bertz CT molecular complexity index is 591. The summed E-state index contributed by atoms with van der Waals surface area (Å²) in [5.74, 6) is 0. The van der Waals surface area contributed by atoms with Gasteiger partial charge in [0.25, 0.3) is 0 Å². The van der Waals surface area contributed by atoms with Gasteiger partial charge in [0.2, 0.25) is 0 Å². The van der Waals surface area contributed by atoms with Crippen LogP contribution in [0.25, 0.3) is 0 Å². The molecule has 2 aliphatic heterocycles. The first kappa shape index (κ1) is 14.8. The predicted molar refractivity (Wildman–Crippen MR) is 74.7 cm³/mol. The van der Waals surface area contributed by atoms with E-state index in [9.17, 15) is 23.1 Å². The smallest absolute Gasteiger partial charge is 0.416 e. The second-order valence-corrected chi connectivity index (χ2v) is 5.75. The first-order chi connectivity index (χ1) is 10.3. The van der Waals surface area contributed by atoms with E-state index in [1.165, 1.54) is 11.0 Å². The van der Waals surface area contributed by atoms with Crippen LogP contribution in [-0.2, 0) is 6.18 Å². The first-order valence-electron chi connectivity index (χ1n) is 7.00. The van der Waals surface area contributed by atoms with Crippen LogP contribution in [0.1, 0.15) is 18.4 Å². The summed E-state index contributed by atoms with van der Waals surface area (Å²) in [6.45, 7) is 0.913. The lowest BCUT2D eigenvalue weighted by Gasteiger charge is -2.41. The average Bonchev–Trinajstić information content (AvgIpc) is 2.69. The van der Waals surface area contributed by atoms with Crippen LogP contribution in [0.15, 0.2) is 18.2 Å². The molecule has 2 atom stereocenters. The number of nitrogens with zero attached hydrogens (tertiary/aromatic N) is 2. The molecule has 3 rings (SSSR count). The zero-order chi connectivity index (χ0) is 16.1. The minimum atomic E-state index is -4.42. The van der Waals surface area contributed by atoms with Gasteiger partial charge in [-0.1, -0.05) is 0 Å². The molecule has 2 bridgehead atoms. The molecule has 5 nitrogen and oxygen atoms in total. The zero-order valence-electron chi connectivity index (χ0n) is 11.7. The highest BCUT2D eigenvalue weighted by molar-refractivity contribution is 5.71. The number of nitrogen functional groups attached to an aromatic ring is 1. The van der Waals surface area contributed by atoms with Crippen molar-refractivity contribution in [2.45, 2.75) is 31.1 Å². The van der Waals surface area contributed by atoms with Gasteiger partial charge in [-0.15, -0.1) is 0 Å². The summed E-state index contributed by atoms with van der Waals surface area (Å²) in [6, 6.07) is 3.06. The molecular formula is C14H16F3N3O2. The normalized spacial score (nSPS) is 24.7. The number of carboxylic acid groups (broad SMARTS) is 1. The topological polar surface area (TPSA) is 69.8 Å². The van der Waals surface area contributed by atoms with Crippen molar-refractivity contribution in [2.75, 3.05) is 23.7 Å². The number of rotatable bonds is 1. The number of piperazine rings is 1. The second kappa shape index (κ2) is 4.96. The Morgan fingerprint density at radius 2 is 1.82 bits per heavy atom.